The van der Waals surface area contributed by atoms with E-state index < -0.39 is 0 Å². The van der Waals surface area contributed by atoms with Gasteiger partial charge in [-0.25, -0.2) is 0 Å². The van der Waals surface area contributed by atoms with Crippen molar-refractivity contribution in [1.82, 2.24) is 0 Å². The monoisotopic (exact) mass is 201 g/mol. The zero-order valence-electron chi connectivity index (χ0n) is 8.36. The molecule has 2 rings (SSSR count). The average Bonchev–Trinajstić information content (AvgIpc) is 2.28. The third kappa shape index (κ3) is 1.76. The summed E-state index contributed by atoms with van der Waals surface area (Å²) in [6, 6.07) is 11.6. The zero-order valence-corrected chi connectivity index (χ0v) is 8.36. The standard InChI is InChI=1S/C12H11NO2/c1-15-12-7-10(13-8-14)6-9-4-2-3-5-11(9)12/h2-8H,1H3,(H,13,14). The summed E-state index contributed by atoms with van der Waals surface area (Å²) in [5.74, 6) is 0.762. The lowest BCUT2D eigenvalue weighted by Crippen LogP contribution is -1.95. The molecule has 0 radical (unpaired) electrons. The van der Waals surface area contributed by atoms with Gasteiger partial charge in [-0.15, -0.1) is 0 Å². The van der Waals surface area contributed by atoms with Crippen LogP contribution in [0, 0.1) is 0 Å². The van der Waals surface area contributed by atoms with E-state index in [1.807, 2.05) is 30.3 Å². The van der Waals surface area contributed by atoms with Crippen molar-refractivity contribution in [2.75, 3.05) is 12.4 Å². The zero-order chi connectivity index (χ0) is 10.7. The van der Waals surface area contributed by atoms with E-state index in [0.717, 1.165) is 22.2 Å². The molecule has 0 saturated heterocycles. The fourth-order valence-corrected chi connectivity index (χ4v) is 1.60. The first-order valence-electron chi connectivity index (χ1n) is 4.62. The van der Waals surface area contributed by atoms with E-state index in [-0.39, 0.29) is 0 Å². The van der Waals surface area contributed by atoms with Crippen molar-refractivity contribution in [3.63, 3.8) is 0 Å². The summed E-state index contributed by atoms with van der Waals surface area (Å²) < 4.78 is 5.26. The minimum Gasteiger partial charge on any atom is -0.496 e. The number of ether oxygens (including phenoxy) is 1. The van der Waals surface area contributed by atoms with Crippen LogP contribution >= 0.6 is 0 Å². The summed E-state index contributed by atoms with van der Waals surface area (Å²) in [6.45, 7) is 0. The van der Waals surface area contributed by atoms with Crippen LogP contribution in [0.3, 0.4) is 0 Å². The smallest absolute Gasteiger partial charge is 0.211 e. The molecule has 0 unspecified atom stereocenters. The average molecular weight is 201 g/mol. The normalized spacial score (nSPS) is 9.93. The van der Waals surface area contributed by atoms with Crippen molar-refractivity contribution >= 4 is 22.9 Å². The summed E-state index contributed by atoms with van der Waals surface area (Å²) in [6.07, 6.45) is 0.656. The number of carbonyl (C=O) groups excluding carboxylic acids is 1. The van der Waals surface area contributed by atoms with Crippen LogP contribution in [0.25, 0.3) is 10.8 Å². The number of nitrogens with one attached hydrogen (secondary N) is 1. The number of benzene rings is 2. The lowest BCUT2D eigenvalue weighted by atomic mass is 10.1. The van der Waals surface area contributed by atoms with Crippen LogP contribution in [0.4, 0.5) is 5.69 Å². The maximum Gasteiger partial charge on any atom is 0.211 e. The van der Waals surface area contributed by atoms with Gasteiger partial charge in [0.15, 0.2) is 0 Å². The minimum atomic E-state index is 0.656. The van der Waals surface area contributed by atoms with E-state index in [0.29, 0.717) is 6.41 Å². The first-order chi connectivity index (χ1) is 7.35. The molecule has 0 heterocycles. The highest BCUT2D eigenvalue weighted by Crippen LogP contribution is 2.29. The Morgan fingerprint density at radius 2 is 2.07 bits per heavy atom. The van der Waals surface area contributed by atoms with Gasteiger partial charge in [0, 0.05) is 17.1 Å². The van der Waals surface area contributed by atoms with Crippen molar-refractivity contribution in [2.24, 2.45) is 0 Å². The molecule has 3 nitrogen and oxygen atoms in total. The number of rotatable bonds is 3. The predicted octanol–water partition coefficient (Wildman–Crippen LogP) is 2.42. The lowest BCUT2D eigenvalue weighted by Gasteiger charge is -2.08. The van der Waals surface area contributed by atoms with Crippen molar-refractivity contribution < 1.29 is 9.53 Å². The molecule has 0 aromatic heterocycles. The molecule has 0 fully saturated rings. The van der Waals surface area contributed by atoms with E-state index >= 15 is 0 Å². The second-order valence-electron chi connectivity index (χ2n) is 3.16. The van der Waals surface area contributed by atoms with E-state index in [1.54, 1.807) is 13.2 Å². The van der Waals surface area contributed by atoms with E-state index in [2.05, 4.69) is 5.32 Å². The van der Waals surface area contributed by atoms with E-state index in [9.17, 15) is 4.79 Å². The SMILES string of the molecule is COc1cc(NC=O)cc2ccccc12. The van der Waals surface area contributed by atoms with Gasteiger partial charge in [0.25, 0.3) is 0 Å². The van der Waals surface area contributed by atoms with E-state index in [1.165, 1.54) is 0 Å². The highest BCUT2D eigenvalue weighted by molar-refractivity contribution is 5.93. The Kier molecular flexibility index (Phi) is 2.54. The molecule has 76 valence electrons. The maximum atomic E-state index is 10.4. The quantitative estimate of drug-likeness (QED) is 0.774. The molecule has 0 saturated carbocycles. The van der Waals surface area contributed by atoms with Gasteiger partial charge in [0.05, 0.1) is 7.11 Å². The maximum absolute atomic E-state index is 10.4. The molecule has 0 aliphatic rings. The number of methoxy groups -OCH3 is 1. The van der Waals surface area contributed by atoms with Gasteiger partial charge >= 0.3 is 0 Å². The molecule has 0 aliphatic carbocycles. The lowest BCUT2D eigenvalue weighted by molar-refractivity contribution is -0.105. The predicted molar refractivity (Wildman–Crippen MR) is 60.2 cm³/mol. The topological polar surface area (TPSA) is 38.3 Å². The summed E-state index contributed by atoms with van der Waals surface area (Å²) >= 11 is 0. The molecule has 0 atom stereocenters. The van der Waals surface area contributed by atoms with Crippen LogP contribution < -0.4 is 10.1 Å². The van der Waals surface area contributed by atoms with Crippen molar-refractivity contribution in [1.29, 1.82) is 0 Å². The second-order valence-corrected chi connectivity index (χ2v) is 3.16. The summed E-state index contributed by atoms with van der Waals surface area (Å²) in [4.78, 5) is 10.4. The Bertz CT molecular complexity index is 494. The molecule has 0 bridgehead atoms. The van der Waals surface area contributed by atoms with Crippen LogP contribution in [-0.4, -0.2) is 13.5 Å². The minimum absolute atomic E-state index is 0.656. The molecule has 3 heteroatoms. The molecule has 0 aliphatic heterocycles. The largest absolute Gasteiger partial charge is 0.496 e. The molecular formula is C12H11NO2. The van der Waals surface area contributed by atoms with Gasteiger partial charge in [0.1, 0.15) is 5.75 Å². The molecule has 0 spiro atoms. The van der Waals surface area contributed by atoms with Crippen molar-refractivity contribution in [3.05, 3.63) is 36.4 Å². The van der Waals surface area contributed by atoms with Gasteiger partial charge in [-0.1, -0.05) is 24.3 Å². The first kappa shape index (κ1) is 9.52. The van der Waals surface area contributed by atoms with Crippen LogP contribution in [0.1, 0.15) is 0 Å². The Morgan fingerprint density at radius 3 is 2.80 bits per heavy atom. The highest BCUT2D eigenvalue weighted by Gasteiger charge is 2.02. The number of amides is 1. The Balaban J connectivity index is 2.65. The number of carbonyl (C=O) groups is 1. The summed E-state index contributed by atoms with van der Waals surface area (Å²) in [5, 5.41) is 4.69. The van der Waals surface area contributed by atoms with Crippen LogP contribution in [0.2, 0.25) is 0 Å². The number of anilines is 1. The van der Waals surface area contributed by atoms with E-state index in [4.69, 9.17) is 4.74 Å². The van der Waals surface area contributed by atoms with Crippen LogP contribution in [0.5, 0.6) is 5.75 Å². The Labute approximate surface area is 87.7 Å². The van der Waals surface area contributed by atoms with Gasteiger partial charge in [-0.05, 0) is 11.5 Å². The van der Waals surface area contributed by atoms with Gasteiger partial charge in [0.2, 0.25) is 6.41 Å². The van der Waals surface area contributed by atoms with Gasteiger partial charge in [-0.2, -0.15) is 0 Å². The summed E-state index contributed by atoms with van der Waals surface area (Å²) in [5.41, 5.74) is 0.737. The first-order valence-corrected chi connectivity index (χ1v) is 4.62. The summed E-state index contributed by atoms with van der Waals surface area (Å²) in [7, 11) is 1.62. The number of fused-ring (bicyclic) bond motifs is 1. The third-order valence-corrected chi connectivity index (χ3v) is 2.27. The molecule has 2 aromatic carbocycles. The van der Waals surface area contributed by atoms with Crippen LogP contribution in [0.15, 0.2) is 36.4 Å². The Morgan fingerprint density at radius 1 is 1.27 bits per heavy atom. The molecule has 2 aromatic rings. The second kappa shape index (κ2) is 4.00. The molecular weight excluding hydrogens is 190 g/mol. The molecule has 15 heavy (non-hydrogen) atoms. The van der Waals surface area contributed by atoms with Crippen molar-refractivity contribution in [2.45, 2.75) is 0 Å². The fraction of sp³-hybridized carbons (Fsp3) is 0.0833. The fourth-order valence-electron chi connectivity index (χ4n) is 1.60. The highest BCUT2D eigenvalue weighted by atomic mass is 16.5. The van der Waals surface area contributed by atoms with Crippen molar-refractivity contribution in [3.8, 4) is 5.75 Å². The number of hydrogen-bond donors (Lipinski definition) is 1. The third-order valence-electron chi connectivity index (χ3n) is 2.27. The van der Waals surface area contributed by atoms with Crippen LogP contribution in [-0.2, 0) is 4.79 Å². The van der Waals surface area contributed by atoms with Gasteiger partial charge < -0.3 is 10.1 Å². The number of hydrogen-bond acceptors (Lipinski definition) is 2. The molecule has 1 N–H and O–H groups in total. The van der Waals surface area contributed by atoms with Gasteiger partial charge in [-0.3, -0.25) is 4.79 Å². The molecule has 1 amide bonds. The Hall–Kier alpha value is -2.03.